The van der Waals surface area contributed by atoms with Gasteiger partial charge >= 0.3 is 5.97 Å². The van der Waals surface area contributed by atoms with Crippen LogP contribution >= 0.6 is 0 Å². The molecule has 0 heterocycles. The second-order valence-electron chi connectivity index (χ2n) is 13.5. The summed E-state index contributed by atoms with van der Waals surface area (Å²) >= 11 is 0. The van der Waals surface area contributed by atoms with E-state index in [9.17, 15) is 19.5 Å². The van der Waals surface area contributed by atoms with Crippen molar-refractivity contribution in [2.75, 3.05) is 0 Å². The van der Waals surface area contributed by atoms with E-state index in [1.807, 2.05) is 0 Å². The Kier molecular flexibility index (Phi) is 6.31. The fraction of sp³-hybridized carbons (Fsp3) is 0.767. The van der Waals surface area contributed by atoms with Gasteiger partial charge in [-0.2, -0.15) is 0 Å². The van der Waals surface area contributed by atoms with E-state index in [0.29, 0.717) is 43.1 Å². The number of carboxylic acids is 1. The molecule has 0 aromatic heterocycles. The summed E-state index contributed by atoms with van der Waals surface area (Å²) in [7, 11) is 0. The zero-order valence-electron chi connectivity index (χ0n) is 22.7. The first-order valence-corrected chi connectivity index (χ1v) is 13.5. The maximum atomic E-state index is 14.0. The molecule has 4 rings (SSSR count). The highest BCUT2D eigenvalue weighted by Gasteiger charge is 2.67. The first-order valence-electron chi connectivity index (χ1n) is 13.5. The zero-order valence-corrected chi connectivity index (χ0v) is 22.7. The third kappa shape index (κ3) is 3.62. The molecule has 4 aliphatic carbocycles. The number of Topliss-reactive ketones (excluding diaryl/α,β-unsaturated/α-hetero) is 2. The van der Waals surface area contributed by atoms with E-state index in [1.165, 1.54) is 0 Å². The number of carbonyl (C=O) groups excluding carboxylic acids is 2. The molecular weight excluding hydrogens is 440 g/mol. The van der Waals surface area contributed by atoms with Gasteiger partial charge < -0.3 is 10.2 Å². The van der Waals surface area contributed by atoms with Crippen molar-refractivity contribution in [1.29, 1.82) is 0 Å². The minimum absolute atomic E-state index is 0.0257. The molecule has 0 amide bonds. The second kappa shape index (κ2) is 8.39. The molecule has 2 saturated carbocycles. The third-order valence-corrected chi connectivity index (χ3v) is 11.4. The number of aliphatic carboxylic acids is 1. The highest BCUT2D eigenvalue weighted by molar-refractivity contribution is 6.11. The highest BCUT2D eigenvalue weighted by atomic mass is 16.4. The Morgan fingerprint density at radius 3 is 2.34 bits per heavy atom. The van der Waals surface area contributed by atoms with Crippen molar-refractivity contribution >= 4 is 17.5 Å². The fourth-order valence-corrected chi connectivity index (χ4v) is 8.96. The molecule has 2 fully saturated rings. The summed E-state index contributed by atoms with van der Waals surface area (Å²) in [5.74, 6) is 0.0132. The first-order chi connectivity index (χ1) is 16.1. The summed E-state index contributed by atoms with van der Waals surface area (Å²) in [6.07, 6.45) is 7.12. The minimum Gasteiger partial charge on any atom is -0.478 e. The van der Waals surface area contributed by atoms with Crippen molar-refractivity contribution in [2.24, 2.45) is 39.4 Å². The molecule has 5 nitrogen and oxygen atoms in total. The molecule has 194 valence electrons. The predicted octanol–water partition coefficient (Wildman–Crippen LogP) is 5.90. The standard InChI is InChI=1S/C30H44O5/c1-17(9-8-10-18(2)26(34)35)19-11-14-29(6)25-20(31)15-22-27(3,4)23(33)12-13-28(22,5)24(25)21(32)16-30(19,29)7/h10,17,19,22-23,33H,8-9,11-16H2,1-7H3,(H,34,35)/b18-10-/t17-,19-,22?,23+,28-,29+,30-/m0/s1. The summed E-state index contributed by atoms with van der Waals surface area (Å²) in [4.78, 5) is 39.0. The number of aliphatic hydroxyl groups is 1. The smallest absolute Gasteiger partial charge is 0.330 e. The Morgan fingerprint density at radius 1 is 1.06 bits per heavy atom. The van der Waals surface area contributed by atoms with Crippen molar-refractivity contribution in [2.45, 2.75) is 106 Å². The van der Waals surface area contributed by atoms with Gasteiger partial charge in [0.1, 0.15) is 0 Å². The molecule has 0 spiro atoms. The van der Waals surface area contributed by atoms with Crippen LogP contribution in [0.5, 0.6) is 0 Å². The Hall–Kier alpha value is -1.75. The van der Waals surface area contributed by atoms with Crippen LogP contribution < -0.4 is 0 Å². The number of ketones is 2. The third-order valence-electron chi connectivity index (χ3n) is 11.4. The Bertz CT molecular complexity index is 1020. The molecular formula is C30H44O5. The monoisotopic (exact) mass is 484 g/mol. The van der Waals surface area contributed by atoms with Gasteiger partial charge in [0.15, 0.2) is 11.6 Å². The van der Waals surface area contributed by atoms with Crippen LogP contribution in [0.3, 0.4) is 0 Å². The predicted molar refractivity (Wildman–Crippen MR) is 136 cm³/mol. The first kappa shape index (κ1) is 26.3. The molecule has 0 aromatic rings. The molecule has 0 saturated heterocycles. The lowest BCUT2D eigenvalue weighted by atomic mass is 9.43. The number of carboxylic acid groups (broad SMARTS) is 1. The van der Waals surface area contributed by atoms with E-state index in [4.69, 9.17) is 5.11 Å². The number of hydrogen-bond donors (Lipinski definition) is 2. The van der Waals surface area contributed by atoms with E-state index >= 15 is 0 Å². The van der Waals surface area contributed by atoms with Gasteiger partial charge in [-0.3, -0.25) is 9.59 Å². The summed E-state index contributed by atoms with van der Waals surface area (Å²) in [5, 5.41) is 19.9. The second-order valence-corrected chi connectivity index (χ2v) is 13.5. The molecule has 2 N–H and O–H groups in total. The van der Waals surface area contributed by atoms with Crippen LogP contribution in [0.25, 0.3) is 0 Å². The van der Waals surface area contributed by atoms with Gasteiger partial charge in [0.05, 0.1) is 6.10 Å². The number of aliphatic hydroxyl groups excluding tert-OH is 1. The van der Waals surface area contributed by atoms with Gasteiger partial charge in [-0.1, -0.05) is 47.6 Å². The number of allylic oxidation sites excluding steroid dienone is 3. The van der Waals surface area contributed by atoms with Gasteiger partial charge in [0, 0.05) is 40.4 Å². The van der Waals surface area contributed by atoms with Gasteiger partial charge in [-0.15, -0.1) is 0 Å². The van der Waals surface area contributed by atoms with E-state index in [2.05, 4.69) is 41.5 Å². The zero-order chi connectivity index (χ0) is 26.1. The highest BCUT2D eigenvalue weighted by Crippen LogP contribution is 2.71. The normalized spacial score (nSPS) is 41.8. The largest absolute Gasteiger partial charge is 0.478 e. The van der Waals surface area contributed by atoms with Crippen LogP contribution in [0.1, 0.15) is 99.8 Å². The molecule has 1 unspecified atom stereocenters. The molecule has 5 heteroatoms. The van der Waals surface area contributed by atoms with Crippen molar-refractivity contribution in [1.82, 2.24) is 0 Å². The van der Waals surface area contributed by atoms with Crippen molar-refractivity contribution in [3.05, 3.63) is 22.8 Å². The van der Waals surface area contributed by atoms with Gasteiger partial charge in [0.2, 0.25) is 0 Å². The van der Waals surface area contributed by atoms with E-state index in [-0.39, 0.29) is 33.7 Å². The van der Waals surface area contributed by atoms with E-state index < -0.39 is 17.5 Å². The molecule has 35 heavy (non-hydrogen) atoms. The molecule has 0 bridgehead atoms. The van der Waals surface area contributed by atoms with E-state index in [1.54, 1.807) is 13.0 Å². The summed E-state index contributed by atoms with van der Waals surface area (Å²) in [5.41, 5.74) is 0.612. The van der Waals surface area contributed by atoms with E-state index in [0.717, 1.165) is 36.8 Å². The lowest BCUT2D eigenvalue weighted by Crippen LogP contribution is -2.59. The Labute approximate surface area is 210 Å². The van der Waals surface area contributed by atoms with Gasteiger partial charge in [0.25, 0.3) is 0 Å². The molecule has 0 radical (unpaired) electrons. The lowest BCUT2D eigenvalue weighted by Gasteiger charge is -2.60. The van der Waals surface area contributed by atoms with Crippen molar-refractivity contribution < 1.29 is 24.6 Å². The number of carbonyl (C=O) groups is 3. The quantitative estimate of drug-likeness (QED) is 0.474. The Morgan fingerprint density at radius 2 is 1.71 bits per heavy atom. The average molecular weight is 485 g/mol. The average Bonchev–Trinajstić information content (AvgIpc) is 3.03. The SMILES string of the molecule is C/C(=C/CC[C@H](C)[C@@H]1CC[C@]2(C)C3=C(C(=O)C[C@@]12C)[C@@]1(C)CC[C@@H](O)C(C)(C)C1CC3=O)C(=O)O. The Balaban J connectivity index is 1.71. The van der Waals surface area contributed by atoms with Crippen LogP contribution in [0.4, 0.5) is 0 Å². The van der Waals surface area contributed by atoms with Crippen LogP contribution in [-0.4, -0.2) is 33.9 Å². The van der Waals surface area contributed by atoms with Gasteiger partial charge in [-0.25, -0.2) is 4.79 Å². The number of hydrogen-bond acceptors (Lipinski definition) is 4. The molecule has 7 atom stereocenters. The van der Waals surface area contributed by atoms with Crippen LogP contribution in [0, 0.1) is 39.4 Å². The summed E-state index contributed by atoms with van der Waals surface area (Å²) in [6.45, 7) is 14.6. The summed E-state index contributed by atoms with van der Waals surface area (Å²) < 4.78 is 0. The molecule has 0 aromatic carbocycles. The topological polar surface area (TPSA) is 91.7 Å². The van der Waals surface area contributed by atoms with Crippen molar-refractivity contribution in [3.8, 4) is 0 Å². The number of fused-ring (bicyclic) bond motifs is 4. The maximum absolute atomic E-state index is 14.0. The number of rotatable bonds is 5. The molecule has 4 aliphatic rings. The minimum atomic E-state index is -0.878. The fourth-order valence-electron chi connectivity index (χ4n) is 8.96. The van der Waals surface area contributed by atoms with Crippen LogP contribution in [0.15, 0.2) is 22.8 Å². The lowest BCUT2D eigenvalue weighted by molar-refractivity contribution is -0.141. The van der Waals surface area contributed by atoms with Crippen LogP contribution in [-0.2, 0) is 14.4 Å². The summed E-state index contributed by atoms with van der Waals surface area (Å²) in [6, 6.07) is 0. The van der Waals surface area contributed by atoms with Crippen molar-refractivity contribution in [3.63, 3.8) is 0 Å². The van der Waals surface area contributed by atoms with Gasteiger partial charge in [-0.05, 0) is 74.0 Å². The maximum Gasteiger partial charge on any atom is 0.330 e. The molecule has 0 aliphatic heterocycles. The van der Waals surface area contributed by atoms with Crippen LogP contribution in [0.2, 0.25) is 0 Å².